The van der Waals surface area contributed by atoms with Crippen molar-refractivity contribution in [3.05, 3.63) is 47.8 Å². The molecule has 1 aromatic heterocycles. The maximum absolute atomic E-state index is 4.38. The zero-order chi connectivity index (χ0) is 15.6. The summed E-state index contributed by atoms with van der Waals surface area (Å²) >= 11 is 0. The molecule has 122 valence electrons. The number of benzene rings is 1. The van der Waals surface area contributed by atoms with Gasteiger partial charge in [-0.05, 0) is 37.2 Å². The summed E-state index contributed by atoms with van der Waals surface area (Å²) in [5, 5.41) is 8.74. The van der Waals surface area contributed by atoms with E-state index in [4.69, 9.17) is 0 Å². The molecule has 2 aliphatic rings. The maximum Gasteiger partial charge on any atom is 0.0858 e. The van der Waals surface area contributed by atoms with Crippen LogP contribution in [0.1, 0.15) is 61.7 Å². The van der Waals surface area contributed by atoms with E-state index in [1.807, 2.05) is 0 Å². The van der Waals surface area contributed by atoms with E-state index in [0.717, 1.165) is 6.54 Å². The van der Waals surface area contributed by atoms with Gasteiger partial charge in [-0.3, -0.25) is 0 Å². The number of nitrogens with zero attached hydrogens (tertiary/aromatic N) is 4. The van der Waals surface area contributed by atoms with Crippen LogP contribution in [0.3, 0.4) is 0 Å². The Kier molecular flexibility index (Phi) is 4.17. The highest BCUT2D eigenvalue weighted by Gasteiger charge is 2.28. The topological polar surface area (TPSA) is 34.0 Å². The van der Waals surface area contributed by atoms with Crippen molar-refractivity contribution in [2.75, 3.05) is 19.6 Å². The molecule has 1 aliphatic heterocycles. The van der Waals surface area contributed by atoms with Crippen LogP contribution < -0.4 is 0 Å². The fourth-order valence-corrected chi connectivity index (χ4v) is 3.68. The van der Waals surface area contributed by atoms with Crippen molar-refractivity contribution in [1.82, 2.24) is 19.9 Å². The monoisotopic (exact) mass is 310 g/mol. The Morgan fingerprint density at radius 2 is 1.83 bits per heavy atom. The van der Waals surface area contributed by atoms with Crippen LogP contribution in [0.5, 0.6) is 0 Å². The second-order valence-corrected chi connectivity index (χ2v) is 7.24. The third-order valence-corrected chi connectivity index (χ3v) is 5.36. The highest BCUT2D eigenvalue weighted by atomic mass is 15.4. The molecule has 0 spiro atoms. The molecule has 1 saturated carbocycles. The first-order chi connectivity index (χ1) is 11.3. The minimum atomic E-state index is 0.540. The highest BCUT2D eigenvalue weighted by molar-refractivity contribution is 5.19. The van der Waals surface area contributed by atoms with E-state index in [-0.39, 0.29) is 0 Å². The first kappa shape index (κ1) is 14.9. The Morgan fingerprint density at radius 3 is 2.52 bits per heavy atom. The number of hydrogen-bond donors (Lipinski definition) is 0. The van der Waals surface area contributed by atoms with E-state index >= 15 is 0 Å². The van der Waals surface area contributed by atoms with Crippen LogP contribution in [-0.4, -0.2) is 39.5 Å². The van der Waals surface area contributed by atoms with Gasteiger partial charge < -0.3 is 4.90 Å². The number of hydrogen-bond acceptors (Lipinski definition) is 3. The van der Waals surface area contributed by atoms with Crippen LogP contribution in [0, 0.1) is 0 Å². The average Bonchev–Trinajstić information content (AvgIpc) is 3.34. The van der Waals surface area contributed by atoms with Crippen LogP contribution in [0.4, 0.5) is 0 Å². The molecule has 1 saturated heterocycles. The highest BCUT2D eigenvalue weighted by Crippen LogP contribution is 2.39. The Labute approximate surface area is 138 Å². The van der Waals surface area contributed by atoms with Crippen molar-refractivity contribution in [3.8, 4) is 0 Å². The Balaban J connectivity index is 1.30. The number of likely N-dealkylation sites (tertiary alicyclic amines) is 1. The van der Waals surface area contributed by atoms with Gasteiger partial charge in [0.15, 0.2) is 0 Å². The largest absolute Gasteiger partial charge is 0.303 e. The van der Waals surface area contributed by atoms with Crippen molar-refractivity contribution in [2.24, 2.45) is 0 Å². The molecule has 1 aliphatic carbocycles. The normalized spacial score (nSPS) is 21.4. The van der Waals surface area contributed by atoms with Crippen molar-refractivity contribution < 1.29 is 0 Å². The van der Waals surface area contributed by atoms with Gasteiger partial charge in [0.1, 0.15) is 0 Å². The quantitative estimate of drug-likeness (QED) is 0.846. The molecule has 2 aromatic rings. The molecular formula is C19H26N4. The van der Waals surface area contributed by atoms with Gasteiger partial charge in [-0.15, -0.1) is 5.10 Å². The molecule has 23 heavy (non-hydrogen) atoms. The molecule has 2 heterocycles. The molecule has 4 rings (SSSR count). The molecule has 1 atom stereocenters. The van der Waals surface area contributed by atoms with Crippen molar-refractivity contribution in [1.29, 1.82) is 0 Å². The van der Waals surface area contributed by atoms with E-state index in [9.17, 15) is 0 Å². The summed E-state index contributed by atoms with van der Waals surface area (Å²) in [6.45, 7) is 5.82. The van der Waals surface area contributed by atoms with Crippen LogP contribution >= 0.6 is 0 Å². The van der Waals surface area contributed by atoms with E-state index in [2.05, 4.69) is 63.3 Å². The predicted molar refractivity (Wildman–Crippen MR) is 91.6 cm³/mol. The lowest BCUT2D eigenvalue weighted by molar-refractivity contribution is 0.172. The third-order valence-electron chi connectivity index (χ3n) is 5.36. The van der Waals surface area contributed by atoms with Crippen LogP contribution in [0.25, 0.3) is 0 Å². The standard InChI is InChI=1S/C19H26N4/c1-15(16-5-3-2-4-6-16)13-22-11-9-18(10-12-22)23-14-19(20-21-23)17-7-8-17/h2-6,14-15,17-18H,7-13H2,1H3. The molecule has 0 N–H and O–H groups in total. The van der Waals surface area contributed by atoms with Crippen molar-refractivity contribution in [2.45, 2.75) is 50.5 Å². The summed E-state index contributed by atoms with van der Waals surface area (Å²) in [4.78, 5) is 2.60. The molecule has 1 unspecified atom stereocenters. The molecule has 2 fully saturated rings. The second kappa shape index (κ2) is 6.44. The predicted octanol–water partition coefficient (Wildman–Crippen LogP) is 3.60. The Bertz CT molecular complexity index is 624. The maximum atomic E-state index is 4.38. The third kappa shape index (κ3) is 3.47. The average molecular weight is 310 g/mol. The van der Waals surface area contributed by atoms with Gasteiger partial charge in [0, 0.05) is 31.7 Å². The van der Waals surface area contributed by atoms with Crippen molar-refractivity contribution in [3.63, 3.8) is 0 Å². The lowest BCUT2D eigenvalue weighted by Gasteiger charge is -2.33. The molecule has 4 heteroatoms. The van der Waals surface area contributed by atoms with Gasteiger partial charge in [-0.25, -0.2) is 4.68 Å². The summed E-state index contributed by atoms with van der Waals surface area (Å²) in [5.74, 6) is 1.30. The van der Waals surface area contributed by atoms with Gasteiger partial charge in [0.2, 0.25) is 0 Å². The van der Waals surface area contributed by atoms with Crippen LogP contribution in [0.2, 0.25) is 0 Å². The zero-order valence-corrected chi connectivity index (χ0v) is 13.9. The minimum Gasteiger partial charge on any atom is -0.303 e. The summed E-state index contributed by atoms with van der Waals surface area (Å²) in [7, 11) is 0. The van der Waals surface area contributed by atoms with E-state index in [1.54, 1.807) is 0 Å². The zero-order valence-electron chi connectivity index (χ0n) is 13.9. The van der Waals surface area contributed by atoms with E-state index in [0.29, 0.717) is 17.9 Å². The molecular weight excluding hydrogens is 284 g/mol. The summed E-state index contributed by atoms with van der Waals surface area (Å²) in [5.41, 5.74) is 2.66. The molecule has 0 radical (unpaired) electrons. The Morgan fingerprint density at radius 1 is 1.09 bits per heavy atom. The molecule has 0 amide bonds. The van der Waals surface area contributed by atoms with Gasteiger partial charge >= 0.3 is 0 Å². The minimum absolute atomic E-state index is 0.540. The number of rotatable bonds is 5. The Hall–Kier alpha value is -1.68. The first-order valence-corrected chi connectivity index (χ1v) is 8.98. The first-order valence-electron chi connectivity index (χ1n) is 8.98. The summed E-state index contributed by atoms with van der Waals surface area (Å²) in [6.07, 6.45) is 7.18. The number of aromatic nitrogens is 3. The molecule has 0 bridgehead atoms. The SMILES string of the molecule is CC(CN1CCC(n2cc(C3CC3)nn2)CC1)c1ccccc1. The van der Waals surface area contributed by atoms with Crippen LogP contribution in [0.15, 0.2) is 36.5 Å². The van der Waals surface area contributed by atoms with E-state index in [1.165, 1.54) is 50.0 Å². The number of piperidine rings is 1. The van der Waals surface area contributed by atoms with Gasteiger partial charge in [-0.1, -0.05) is 42.5 Å². The van der Waals surface area contributed by atoms with E-state index < -0.39 is 0 Å². The fraction of sp³-hybridized carbons (Fsp3) is 0.579. The van der Waals surface area contributed by atoms with Crippen LogP contribution in [-0.2, 0) is 0 Å². The smallest absolute Gasteiger partial charge is 0.0858 e. The molecule has 4 nitrogen and oxygen atoms in total. The lowest BCUT2D eigenvalue weighted by Crippen LogP contribution is -2.37. The summed E-state index contributed by atoms with van der Waals surface area (Å²) in [6, 6.07) is 11.4. The summed E-state index contributed by atoms with van der Waals surface area (Å²) < 4.78 is 2.13. The van der Waals surface area contributed by atoms with Crippen molar-refractivity contribution >= 4 is 0 Å². The fourth-order valence-electron chi connectivity index (χ4n) is 3.68. The second-order valence-electron chi connectivity index (χ2n) is 7.24. The van der Waals surface area contributed by atoms with Gasteiger partial charge in [0.05, 0.1) is 11.7 Å². The lowest BCUT2D eigenvalue weighted by atomic mass is 9.98. The van der Waals surface area contributed by atoms with Gasteiger partial charge in [0.25, 0.3) is 0 Å². The molecule has 1 aromatic carbocycles. The van der Waals surface area contributed by atoms with Gasteiger partial charge in [-0.2, -0.15) is 0 Å².